The van der Waals surface area contributed by atoms with Crippen LogP contribution in [0.3, 0.4) is 0 Å². The molecule has 27 heavy (non-hydrogen) atoms. The fourth-order valence-electron chi connectivity index (χ4n) is 3.45. The molecule has 3 rings (SSSR count). The summed E-state index contributed by atoms with van der Waals surface area (Å²) in [5, 5.41) is 11.1. The van der Waals surface area contributed by atoms with Crippen LogP contribution >= 0.6 is 0 Å². The highest BCUT2D eigenvalue weighted by atomic mass is 19.4. The summed E-state index contributed by atoms with van der Waals surface area (Å²) in [6.45, 7) is 1.55. The second kappa shape index (κ2) is 7.62. The molecule has 5 nitrogen and oxygen atoms in total. The molecular formula is C19H23F3N4O. The minimum Gasteiger partial charge on any atom is -0.395 e. The van der Waals surface area contributed by atoms with Crippen molar-refractivity contribution >= 4 is 17.3 Å². The molecule has 1 aliphatic heterocycles. The molecule has 1 saturated carbocycles. The van der Waals surface area contributed by atoms with Crippen LogP contribution in [-0.2, 0) is 17.8 Å². The average Bonchev–Trinajstić information content (AvgIpc) is 3.04. The highest BCUT2D eigenvalue weighted by molar-refractivity contribution is 6.42. The smallest absolute Gasteiger partial charge is 0.395 e. The van der Waals surface area contributed by atoms with Crippen LogP contribution in [0.25, 0.3) is 0 Å². The van der Waals surface area contributed by atoms with Crippen molar-refractivity contribution in [2.75, 3.05) is 18.4 Å². The van der Waals surface area contributed by atoms with E-state index < -0.39 is 23.5 Å². The van der Waals surface area contributed by atoms with Gasteiger partial charge in [-0.15, -0.1) is 0 Å². The van der Waals surface area contributed by atoms with E-state index in [9.17, 15) is 18.0 Å². The monoisotopic (exact) mass is 380 g/mol. The van der Waals surface area contributed by atoms with Crippen molar-refractivity contribution in [3.05, 3.63) is 41.1 Å². The van der Waals surface area contributed by atoms with Crippen molar-refractivity contribution in [3.8, 4) is 0 Å². The summed E-state index contributed by atoms with van der Waals surface area (Å²) < 4.78 is 37.9. The molecule has 0 spiro atoms. The summed E-state index contributed by atoms with van der Waals surface area (Å²) in [6, 6.07) is 5.79. The Labute approximate surface area is 155 Å². The predicted octanol–water partition coefficient (Wildman–Crippen LogP) is 3.21. The topological polar surface area (TPSA) is 82.2 Å². The molecular weight excluding hydrogens is 357 g/mol. The molecule has 0 aromatic heterocycles. The van der Waals surface area contributed by atoms with Gasteiger partial charge in [-0.05, 0) is 48.4 Å². The van der Waals surface area contributed by atoms with Crippen molar-refractivity contribution in [3.63, 3.8) is 0 Å². The highest BCUT2D eigenvalue weighted by Crippen LogP contribution is 2.30. The zero-order valence-corrected chi connectivity index (χ0v) is 14.9. The Morgan fingerprint density at radius 2 is 2.11 bits per heavy atom. The number of alkyl halides is 3. The predicted molar refractivity (Wildman–Crippen MR) is 97.4 cm³/mol. The number of nitrogens with one attached hydrogen (secondary N) is 2. The number of benzene rings is 1. The van der Waals surface area contributed by atoms with Gasteiger partial charge in [-0.1, -0.05) is 18.6 Å². The molecule has 4 N–H and O–H groups in total. The number of hydrogen-bond acceptors (Lipinski definition) is 4. The Kier molecular flexibility index (Phi) is 5.43. The van der Waals surface area contributed by atoms with Gasteiger partial charge >= 0.3 is 6.18 Å². The maximum atomic E-state index is 12.7. The summed E-state index contributed by atoms with van der Waals surface area (Å²) in [7, 11) is 0. The molecule has 1 aromatic carbocycles. The highest BCUT2D eigenvalue weighted by Gasteiger charge is 2.33. The van der Waals surface area contributed by atoms with Crippen LogP contribution in [0.2, 0.25) is 0 Å². The third kappa shape index (κ3) is 4.43. The van der Waals surface area contributed by atoms with Gasteiger partial charge in [0.1, 0.15) is 11.4 Å². The van der Waals surface area contributed by atoms with Gasteiger partial charge in [0.25, 0.3) is 5.91 Å². The first-order chi connectivity index (χ1) is 12.8. The molecule has 1 aromatic rings. The first-order valence-corrected chi connectivity index (χ1v) is 9.02. The number of nitrogens with zero attached hydrogens (tertiary/aromatic N) is 1. The largest absolute Gasteiger partial charge is 0.430 e. The fourth-order valence-corrected chi connectivity index (χ4v) is 3.45. The second-order valence-corrected chi connectivity index (χ2v) is 7.11. The van der Waals surface area contributed by atoms with Crippen molar-refractivity contribution in [1.29, 1.82) is 5.41 Å². The van der Waals surface area contributed by atoms with Crippen LogP contribution < -0.4 is 11.1 Å². The Hall–Kier alpha value is -2.51. The molecule has 2 aliphatic rings. The number of amides is 1. The van der Waals surface area contributed by atoms with Crippen molar-refractivity contribution in [2.45, 2.75) is 38.4 Å². The molecule has 0 radical (unpaired) electrons. The van der Waals surface area contributed by atoms with E-state index in [0.717, 1.165) is 49.0 Å². The maximum Gasteiger partial charge on any atom is 0.430 e. The fraction of sp³-hybridized carbons (Fsp3) is 0.474. The molecule has 0 unspecified atom stereocenters. The number of carbonyl (C=O) groups is 1. The molecule has 1 aliphatic carbocycles. The summed E-state index contributed by atoms with van der Waals surface area (Å²) in [4.78, 5) is 14.2. The van der Waals surface area contributed by atoms with Crippen LogP contribution in [0.1, 0.15) is 30.4 Å². The Morgan fingerprint density at radius 3 is 2.74 bits per heavy atom. The number of rotatable bonds is 6. The summed E-state index contributed by atoms with van der Waals surface area (Å²) >= 11 is 0. The number of nitrogens with two attached hydrogens (primary N) is 1. The summed E-state index contributed by atoms with van der Waals surface area (Å²) in [6.07, 6.45) is -0.423. The SMILES string of the molecule is N=C(C=C(N)C(F)(F)F)C(=O)N(Cc1cccc2c1CCN2)CC1CCC1. The second-order valence-electron chi connectivity index (χ2n) is 7.11. The standard InChI is InChI=1S/C19H23F3N4O/c20-19(21,22)17(24)9-15(23)18(27)26(10-12-3-1-4-12)11-13-5-2-6-16-14(13)7-8-25-16/h2,5-6,9,12,23,25H,1,3-4,7-8,10-11,24H2. The minimum atomic E-state index is -4.75. The molecule has 8 heteroatoms. The number of anilines is 1. The lowest BCUT2D eigenvalue weighted by atomic mass is 9.85. The van der Waals surface area contributed by atoms with Crippen LogP contribution in [0, 0.1) is 11.3 Å². The zero-order chi connectivity index (χ0) is 19.6. The van der Waals surface area contributed by atoms with Gasteiger partial charge in [-0.25, -0.2) is 0 Å². The summed E-state index contributed by atoms with van der Waals surface area (Å²) in [5.74, 6) is -0.391. The van der Waals surface area contributed by atoms with Crippen molar-refractivity contribution < 1.29 is 18.0 Å². The average molecular weight is 380 g/mol. The van der Waals surface area contributed by atoms with Crippen LogP contribution in [0.4, 0.5) is 18.9 Å². The van der Waals surface area contributed by atoms with Crippen LogP contribution in [-0.4, -0.2) is 35.8 Å². The third-order valence-corrected chi connectivity index (χ3v) is 5.17. The van der Waals surface area contributed by atoms with Crippen molar-refractivity contribution in [2.24, 2.45) is 11.7 Å². The van der Waals surface area contributed by atoms with E-state index in [1.165, 1.54) is 4.90 Å². The molecule has 1 heterocycles. The van der Waals surface area contributed by atoms with Crippen LogP contribution in [0.5, 0.6) is 0 Å². The lowest BCUT2D eigenvalue weighted by Crippen LogP contribution is -2.40. The normalized spacial score (nSPS) is 17.1. The minimum absolute atomic E-state index is 0.280. The van der Waals surface area contributed by atoms with Crippen molar-refractivity contribution in [1.82, 2.24) is 4.90 Å². The first-order valence-electron chi connectivity index (χ1n) is 9.02. The van der Waals surface area contributed by atoms with E-state index in [1.54, 1.807) is 0 Å². The Balaban J connectivity index is 1.80. The maximum absolute atomic E-state index is 12.7. The van der Waals surface area contributed by atoms with E-state index in [-0.39, 0.29) is 6.54 Å². The van der Waals surface area contributed by atoms with Crippen LogP contribution in [0.15, 0.2) is 30.0 Å². The third-order valence-electron chi connectivity index (χ3n) is 5.17. The number of carbonyl (C=O) groups excluding carboxylic acids is 1. The Bertz CT molecular complexity index is 769. The van der Waals surface area contributed by atoms with Gasteiger partial charge in [0.2, 0.25) is 0 Å². The van der Waals surface area contributed by atoms with Gasteiger partial charge in [0, 0.05) is 25.3 Å². The molecule has 0 bridgehead atoms. The lowest BCUT2D eigenvalue weighted by molar-refractivity contribution is -0.125. The van der Waals surface area contributed by atoms with E-state index in [2.05, 4.69) is 5.32 Å². The number of hydrogen-bond donors (Lipinski definition) is 3. The molecule has 0 saturated heterocycles. The number of fused-ring (bicyclic) bond motifs is 1. The van der Waals surface area contributed by atoms with E-state index in [0.29, 0.717) is 18.5 Å². The zero-order valence-electron chi connectivity index (χ0n) is 14.9. The first kappa shape index (κ1) is 19.3. The molecule has 1 amide bonds. The lowest BCUT2D eigenvalue weighted by Gasteiger charge is -2.32. The Morgan fingerprint density at radius 1 is 1.37 bits per heavy atom. The number of halogens is 3. The van der Waals surface area contributed by atoms with Gasteiger partial charge < -0.3 is 16.0 Å². The molecule has 146 valence electrons. The van der Waals surface area contributed by atoms with Gasteiger partial charge in [0.15, 0.2) is 0 Å². The van der Waals surface area contributed by atoms with Gasteiger partial charge in [-0.3, -0.25) is 10.2 Å². The number of allylic oxidation sites excluding steroid dienone is 1. The van der Waals surface area contributed by atoms with E-state index in [4.69, 9.17) is 11.1 Å². The van der Waals surface area contributed by atoms with Gasteiger partial charge in [-0.2, -0.15) is 13.2 Å². The quantitative estimate of drug-likeness (QED) is 0.663. The molecule has 1 fully saturated rings. The van der Waals surface area contributed by atoms with Gasteiger partial charge in [0.05, 0.1) is 0 Å². The summed E-state index contributed by atoms with van der Waals surface area (Å²) in [5.41, 5.74) is 5.91. The molecule has 0 atom stereocenters. The van der Waals surface area contributed by atoms with E-state index >= 15 is 0 Å². The van der Waals surface area contributed by atoms with E-state index in [1.807, 2.05) is 18.2 Å².